The molecule has 2 aromatic rings. The van der Waals surface area contributed by atoms with Crippen LogP contribution in [0.2, 0.25) is 0 Å². The zero-order valence-corrected chi connectivity index (χ0v) is 12.7. The summed E-state index contributed by atoms with van der Waals surface area (Å²) in [4.78, 5) is 4.67. The minimum atomic E-state index is -1.09. The Morgan fingerprint density at radius 1 is 1.22 bits per heavy atom. The molecule has 0 saturated carbocycles. The van der Waals surface area contributed by atoms with Crippen LogP contribution in [-0.2, 0) is 0 Å². The molecular weight excluding hydrogens is 295 g/mol. The molecule has 4 nitrogen and oxygen atoms in total. The molecule has 0 saturated heterocycles. The number of nitrogens with zero attached hydrogens (tertiary/aromatic N) is 1. The summed E-state index contributed by atoms with van der Waals surface area (Å²) >= 11 is 0. The molecule has 1 aliphatic rings. The van der Waals surface area contributed by atoms with E-state index in [2.05, 4.69) is 4.98 Å². The number of aliphatic hydroxyl groups excluding tert-OH is 1. The number of rotatable bonds is 5. The van der Waals surface area contributed by atoms with Gasteiger partial charge >= 0.3 is 0 Å². The Labute approximate surface area is 134 Å². The molecule has 1 heterocycles. The number of hydrogen-bond acceptors (Lipinski definition) is 4. The van der Waals surface area contributed by atoms with E-state index in [1.807, 2.05) is 36.4 Å². The van der Waals surface area contributed by atoms with Gasteiger partial charge in [0.1, 0.15) is 25.1 Å². The molecule has 120 valence electrons. The van der Waals surface area contributed by atoms with E-state index in [9.17, 15) is 9.50 Å². The second-order valence-corrected chi connectivity index (χ2v) is 5.60. The van der Waals surface area contributed by atoms with Crippen molar-refractivity contribution >= 4 is 16.5 Å². The SMILES string of the molecule is NC1=CC=C(c2ccc3cc(OCC(O)CF)ccc3n2)CC1. The van der Waals surface area contributed by atoms with Crippen LogP contribution in [0.4, 0.5) is 4.39 Å². The number of fused-ring (bicyclic) bond motifs is 1. The summed E-state index contributed by atoms with van der Waals surface area (Å²) in [5.41, 5.74) is 9.66. The normalized spacial score (nSPS) is 15.9. The van der Waals surface area contributed by atoms with Crippen molar-refractivity contribution < 1.29 is 14.2 Å². The molecule has 0 aliphatic heterocycles. The summed E-state index contributed by atoms with van der Waals surface area (Å²) in [6, 6.07) is 9.44. The van der Waals surface area contributed by atoms with Gasteiger partial charge in [0.15, 0.2) is 0 Å². The highest BCUT2D eigenvalue weighted by molar-refractivity contribution is 5.82. The van der Waals surface area contributed by atoms with Gasteiger partial charge in [0.25, 0.3) is 0 Å². The van der Waals surface area contributed by atoms with Crippen LogP contribution in [0.1, 0.15) is 18.5 Å². The molecule has 0 spiro atoms. The van der Waals surface area contributed by atoms with E-state index in [0.717, 1.165) is 35.1 Å². The lowest BCUT2D eigenvalue weighted by Gasteiger charge is -2.13. The number of benzene rings is 1. The molecule has 0 amide bonds. The van der Waals surface area contributed by atoms with Gasteiger partial charge in [-0.25, -0.2) is 9.37 Å². The van der Waals surface area contributed by atoms with Crippen molar-refractivity contribution in [3.05, 3.63) is 53.9 Å². The fraction of sp³-hybridized carbons (Fsp3) is 0.278. The molecule has 1 unspecified atom stereocenters. The van der Waals surface area contributed by atoms with Crippen molar-refractivity contribution in [2.24, 2.45) is 5.73 Å². The van der Waals surface area contributed by atoms with Crippen molar-refractivity contribution in [2.45, 2.75) is 18.9 Å². The maximum Gasteiger partial charge on any atom is 0.120 e. The van der Waals surface area contributed by atoms with E-state index in [1.165, 1.54) is 5.57 Å². The Kier molecular flexibility index (Phi) is 4.57. The van der Waals surface area contributed by atoms with Gasteiger partial charge in [0.05, 0.1) is 11.2 Å². The van der Waals surface area contributed by atoms with E-state index < -0.39 is 12.8 Å². The van der Waals surface area contributed by atoms with Crippen molar-refractivity contribution in [1.82, 2.24) is 4.98 Å². The first-order valence-electron chi connectivity index (χ1n) is 7.59. The molecule has 3 N–H and O–H groups in total. The van der Waals surface area contributed by atoms with Crippen LogP contribution < -0.4 is 10.5 Å². The fourth-order valence-electron chi connectivity index (χ4n) is 2.48. The van der Waals surface area contributed by atoms with Crippen LogP contribution in [0.3, 0.4) is 0 Å². The first kappa shape index (κ1) is 15.5. The Hall–Kier alpha value is -2.40. The van der Waals surface area contributed by atoms with Gasteiger partial charge in [-0.1, -0.05) is 12.1 Å². The molecule has 1 atom stereocenters. The first-order chi connectivity index (χ1) is 11.2. The lowest BCUT2D eigenvalue weighted by molar-refractivity contribution is 0.0842. The summed E-state index contributed by atoms with van der Waals surface area (Å²) < 4.78 is 17.6. The molecule has 1 aliphatic carbocycles. The minimum absolute atomic E-state index is 0.0613. The second-order valence-electron chi connectivity index (χ2n) is 5.60. The average Bonchev–Trinajstić information content (AvgIpc) is 2.59. The van der Waals surface area contributed by atoms with Crippen molar-refractivity contribution in [2.75, 3.05) is 13.3 Å². The maximum atomic E-state index is 12.2. The number of hydrogen-bond donors (Lipinski definition) is 2. The molecular formula is C18H19FN2O2. The van der Waals surface area contributed by atoms with E-state index in [0.29, 0.717) is 5.75 Å². The van der Waals surface area contributed by atoms with Crippen LogP contribution in [0.5, 0.6) is 5.75 Å². The maximum absolute atomic E-state index is 12.2. The number of pyridine rings is 1. The highest BCUT2D eigenvalue weighted by Crippen LogP contribution is 2.27. The van der Waals surface area contributed by atoms with Crippen molar-refractivity contribution in [1.29, 1.82) is 0 Å². The van der Waals surface area contributed by atoms with Gasteiger partial charge in [0.2, 0.25) is 0 Å². The van der Waals surface area contributed by atoms with Crippen LogP contribution in [0, 0.1) is 0 Å². The molecule has 3 rings (SSSR count). The zero-order chi connectivity index (χ0) is 16.2. The average molecular weight is 314 g/mol. The predicted molar refractivity (Wildman–Crippen MR) is 88.7 cm³/mol. The Morgan fingerprint density at radius 3 is 2.83 bits per heavy atom. The molecule has 0 radical (unpaired) electrons. The van der Waals surface area contributed by atoms with Gasteiger partial charge in [-0.05, 0) is 48.8 Å². The van der Waals surface area contributed by atoms with Crippen LogP contribution >= 0.6 is 0 Å². The standard InChI is InChI=1S/C18H19FN2O2/c19-10-15(22)11-23-16-6-8-18-13(9-16)3-7-17(21-18)12-1-4-14(20)5-2-12/h1,3-4,6-9,15,22H,2,5,10-11,20H2. The third-order valence-electron chi connectivity index (χ3n) is 3.79. The zero-order valence-electron chi connectivity index (χ0n) is 12.7. The highest BCUT2D eigenvalue weighted by atomic mass is 19.1. The minimum Gasteiger partial charge on any atom is -0.491 e. The number of halogens is 1. The molecule has 1 aromatic heterocycles. The van der Waals surface area contributed by atoms with Gasteiger partial charge in [-0.2, -0.15) is 0 Å². The predicted octanol–water partition coefficient (Wildman–Crippen LogP) is 2.96. The lowest BCUT2D eigenvalue weighted by Crippen LogP contribution is -2.19. The molecule has 1 aromatic carbocycles. The van der Waals surface area contributed by atoms with Crippen LogP contribution in [0.15, 0.2) is 48.2 Å². The van der Waals surface area contributed by atoms with Crippen molar-refractivity contribution in [3.63, 3.8) is 0 Å². The van der Waals surface area contributed by atoms with E-state index >= 15 is 0 Å². The van der Waals surface area contributed by atoms with Gasteiger partial charge in [-0.15, -0.1) is 0 Å². The Bertz CT molecular complexity index is 771. The van der Waals surface area contributed by atoms with E-state index in [1.54, 1.807) is 6.07 Å². The van der Waals surface area contributed by atoms with Gasteiger partial charge < -0.3 is 15.6 Å². The Balaban J connectivity index is 1.82. The van der Waals surface area contributed by atoms with Crippen molar-refractivity contribution in [3.8, 4) is 5.75 Å². The van der Waals surface area contributed by atoms with E-state index in [4.69, 9.17) is 10.5 Å². The monoisotopic (exact) mass is 314 g/mol. The summed E-state index contributed by atoms with van der Waals surface area (Å²) in [6.45, 7) is -0.874. The lowest BCUT2D eigenvalue weighted by atomic mass is 9.99. The summed E-state index contributed by atoms with van der Waals surface area (Å²) in [7, 11) is 0. The van der Waals surface area contributed by atoms with E-state index in [-0.39, 0.29) is 6.61 Å². The smallest absolute Gasteiger partial charge is 0.120 e. The highest BCUT2D eigenvalue weighted by Gasteiger charge is 2.09. The molecule has 0 bridgehead atoms. The number of aliphatic hydroxyl groups is 1. The van der Waals surface area contributed by atoms with Gasteiger partial charge in [-0.3, -0.25) is 0 Å². The summed E-state index contributed by atoms with van der Waals surface area (Å²) in [5.74, 6) is 0.590. The Morgan fingerprint density at radius 2 is 2.09 bits per heavy atom. The molecule has 0 fully saturated rings. The topological polar surface area (TPSA) is 68.4 Å². The summed E-state index contributed by atoms with van der Waals surface area (Å²) in [5, 5.41) is 10.1. The van der Waals surface area contributed by atoms with Crippen LogP contribution in [-0.4, -0.2) is 29.5 Å². The number of nitrogens with two attached hydrogens (primary N) is 1. The first-order valence-corrected chi connectivity index (χ1v) is 7.59. The summed E-state index contributed by atoms with van der Waals surface area (Å²) in [6.07, 6.45) is 4.60. The van der Waals surface area contributed by atoms with Gasteiger partial charge in [0, 0.05) is 11.1 Å². The molecule has 5 heteroatoms. The van der Waals surface area contributed by atoms with Crippen LogP contribution in [0.25, 0.3) is 16.5 Å². The fourth-order valence-corrected chi connectivity index (χ4v) is 2.48. The third kappa shape index (κ3) is 3.68. The number of aromatic nitrogens is 1. The number of alkyl halides is 1. The largest absolute Gasteiger partial charge is 0.491 e. The number of ether oxygens (including phenoxy) is 1. The quantitative estimate of drug-likeness (QED) is 0.890. The third-order valence-corrected chi connectivity index (χ3v) is 3.79. The second kappa shape index (κ2) is 6.79. The number of allylic oxidation sites excluding steroid dienone is 4. The molecule has 23 heavy (non-hydrogen) atoms.